The van der Waals surface area contributed by atoms with Gasteiger partial charge in [-0.1, -0.05) is 0 Å². The maximum absolute atomic E-state index is 12.6. The van der Waals surface area contributed by atoms with Crippen molar-refractivity contribution in [1.29, 1.82) is 0 Å². The molecule has 3 N–H and O–H groups in total. The molecule has 158 valence electrons. The number of benzene rings is 2. The average Bonchev–Trinajstić information content (AvgIpc) is 3.20. The van der Waals surface area contributed by atoms with Crippen molar-refractivity contribution in [2.45, 2.75) is 6.18 Å². The molecular formula is C19H16F3N3O4S. The second-order valence-electron chi connectivity index (χ2n) is 5.92. The smallest absolute Gasteiger partial charge is 0.416 e. The van der Waals surface area contributed by atoms with Crippen LogP contribution in [0.25, 0.3) is 11.3 Å². The van der Waals surface area contributed by atoms with Crippen LogP contribution in [0, 0.1) is 0 Å². The molecule has 0 saturated heterocycles. The molecule has 7 nitrogen and oxygen atoms in total. The van der Waals surface area contributed by atoms with E-state index in [1.165, 1.54) is 25.6 Å². The van der Waals surface area contributed by atoms with Gasteiger partial charge in [0.15, 0.2) is 11.5 Å². The monoisotopic (exact) mass is 439 g/mol. The number of phenols is 1. The number of nitrogens with zero attached hydrogens (tertiary/aromatic N) is 1. The number of anilines is 1. The Balaban J connectivity index is 1.70. The lowest BCUT2D eigenvalue weighted by Crippen LogP contribution is -2.29. The normalized spacial score (nSPS) is 11.1. The Hall–Kier alpha value is -3.47. The number of ether oxygens (including phenoxy) is 2. The number of alkyl halides is 3. The maximum Gasteiger partial charge on any atom is 0.416 e. The Bertz CT molecular complexity index is 1030. The lowest BCUT2D eigenvalue weighted by molar-refractivity contribution is -0.137. The molecule has 0 atom stereocenters. The van der Waals surface area contributed by atoms with Crippen LogP contribution >= 0.6 is 11.3 Å². The van der Waals surface area contributed by atoms with Crippen LogP contribution < -0.4 is 20.3 Å². The van der Waals surface area contributed by atoms with Gasteiger partial charge in [0.1, 0.15) is 0 Å². The van der Waals surface area contributed by atoms with Crippen LogP contribution in [-0.4, -0.2) is 30.2 Å². The average molecular weight is 439 g/mol. The van der Waals surface area contributed by atoms with Gasteiger partial charge in [0.2, 0.25) is 10.9 Å². The van der Waals surface area contributed by atoms with Crippen molar-refractivity contribution in [2.24, 2.45) is 0 Å². The summed E-state index contributed by atoms with van der Waals surface area (Å²) in [5, 5.41) is 12.0. The molecule has 2 aromatic carbocycles. The van der Waals surface area contributed by atoms with Gasteiger partial charge in [-0.05, 0) is 36.4 Å². The molecule has 0 radical (unpaired) electrons. The van der Waals surface area contributed by atoms with Crippen molar-refractivity contribution in [3.8, 4) is 28.5 Å². The van der Waals surface area contributed by atoms with E-state index in [0.29, 0.717) is 16.4 Å². The number of hydrazine groups is 1. The summed E-state index contributed by atoms with van der Waals surface area (Å²) in [5.41, 5.74) is 5.36. The van der Waals surface area contributed by atoms with Gasteiger partial charge in [0.25, 0.3) is 5.91 Å². The highest BCUT2D eigenvalue weighted by atomic mass is 32.1. The number of rotatable bonds is 6. The molecule has 1 heterocycles. The van der Waals surface area contributed by atoms with E-state index < -0.39 is 17.6 Å². The summed E-state index contributed by atoms with van der Waals surface area (Å²) in [6.45, 7) is 0. The van der Waals surface area contributed by atoms with Crippen LogP contribution in [-0.2, 0) is 6.18 Å². The lowest BCUT2D eigenvalue weighted by Gasteiger charge is -2.10. The summed E-state index contributed by atoms with van der Waals surface area (Å²) in [4.78, 5) is 16.4. The van der Waals surface area contributed by atoms with E-state index in [4.69, 9.17) is 9.47 Å². The van der Waals surface area contributed by atoms with E-state index in [1.807, 2.05) is 0 Å². The number of nitrogens with one attached hydrogen (secondary N) is 2. The Morgan fingerprint density at radius 2 is 1.70 bits per heavy atom. The molecule has 1 amide bonds. The molecule has 0 aliphatic heterocycles. The van der Waals surface area contributed by atoms with Gasteiger partial charge in [-0.3, -0.25) is 15.6 Å². The standard InChI is InChI=1S/C19H16F3N3O4S/c1-28-14-7-11(8-15(29-2)16(14)26)13-9-30-18(23-13)25-24-17(27)10-3-5-12(6-4-10)19(20,21)22/h3-9,26H,1-2H3,(H,23,25)(H,24,27). The molecule has 30 heavy (non-hydrogen) atoms. The molecule has 11 heteroatoms. The first-order valence-corrected chi connectivity index (χ1v) is 9.25. The van der Waals surface area contributed by atoms with Gasteiger partial charge in [-0.25, -0.2) is 4.98 Å². The predicted octanol–water partition coefficient (Wildman–Crippen LogP) is 4.31. The number of hydrogen-bond donors (Lipinski definition) is 3. The number of hydrogen-bond acceptors (Lipinski definition) is 7. The fraction of sp³-hybridized carbons (Fsp3) is 0.158. The number of carbonyl (C=O) groups excluding carboxylic acids is 1. The minimum Gasteiger partial charge on any atom is -0.502 e. The van der Waals surface area contributed by atoms with Crippen molar-refractivity contribution in [2.75, 3.05) is 19.6 Å². The third kappa shape index (κ3) is 4.57. The molecule has 1 aromatic heterocycles. The number of carbonyl (C=O) groups is 1. The molecule has 0 bridgehead atoms. The Morgan fingerprint density at radius 1 is 1.10 bits per heavy atom. The summed E-state index contributed by atoms with van der Waals surface area (Å²) in [7, 11) is 2.81. The first-order valence-electron chi connectivity index (χ1n) is 8.37. The molecular weight excluding hydrogens is 423 g/mol. The van der Waals surface area contributed by atoms with Crippen LogP contribution in [0.1, 0.15) is 15.9 Å². The number of phenolic OH excluding ortho intramolecular Hbond substituents is 1. The number of methoxy groups -OCH3 is 2. The zero-order valence-corrected chi connectivity index (χ0v) is 16.5. The van der Waals surface area contributed by atoms with Gasteiger partial charge < -0.3 is 14.6 Å². The SMILES string of the molecule is COc1cc(-c2csc(NNC(=O)c3ccc(C(F)(F)F)cc3)n2)cc(OC)c1O. The largest absolute Gasteiger partial charge is 0.502 e. The summed E-state index contributed by atoms with van der Waals surface area (Å²) >= 11 is 1.19. The third-order valence-electron chi connectivity index (χ3n) is 4.04. The first kappa shape index (κ1) is 21.2. The fourth-order valence-electron chi connectivity index (χ4n) is 2.50. The maximum atomic E-state index is 12.6. The van der Waals surface area contributed by atoms with Crippen LogP contribution in [0.3, 0.4) is 0 Å². The number of aromatic nitrogens is 1. The third-order valence-corrected chi connectivity index (χ3v) is 4.79. The Morgan fingerprint density at radius 3 is 2.23 bits per heavy atom. The predicted molar refractivity (Wildman–Crippen MR) is 105 cm³/mol. The highest BCUT2D eigenvalue weighted by molar-refractivity contribution is 7.14. The van der Waals surface area contributed by atoms with Crippen molar-refractivity contribution < 1.29 is 32.5 Å². The van der Waals surface area contributed by atoms with Crippen molar-refractivity contribution in [3.63, 3.8) is 0 Å². The quantitative estimate of drug-likeness (QED) is 0.496. The number of amides is 1. The van der Waals surface area contributed by atoms with E-state index in [-0.39, 0.29) is 22.8 Å². The van der Waals surface area contributed by atoms with E-state index in [9.17, 15) is 23.1 Å². The summed E-state index contributed by atoms with van der Waals surface area (Å²) < 4.78 is 48.0. The molecule has 3 aromatic rings. The second-order valence-corrected chi connectivity index (χ2v) is 6.78. The highest BCUT2D eigenvalue weighted by Gasteiger charge is 2.30. The minimum atomic E-state index is -4.47. The Kier molecular flexibility index (Phi) is 6.01. The molecule has 0 saturated carbocycles. The van der Waals surface area contributed by atoms with Crippen LogP contribution in [0.4, 0.5) is 18.3 Å². The number of halogens is 3. The van der Waals surface area contributed by atoms with Gasteiger partial charge in [0, 0.05) is 16.5 Å². The van der Waals surface area contributed by atoms with E-state index in [2.05, 4.69) is 15.8 Å². The zero-order chi connectivity index (χ0) is 21.9. The molecule has 0 aliphatic carbocycles. The first-order chi connectivity index (χ1) is 14.2. The van der Waals surface area contributed by atoms with Gasteiger partial charge in [0.05, 0.1) is 25.5 Å². The number of thiazole rings is 1. The highest BCUT2D eigenvalue weighted by Crippen LogP contribution is 2.40. The van der Waals surface area contributed by atoms with Gasteiger partial charge in [-0.15, -0.1) is 11.3 Å². The molecule has 3 rings (SSSR count). The minimum absolute atomic E-state index is 0.0558. The van der Waals surface area contributed by atoms with Crippen LogP contribution in [0.5, 0.6) is 17.2 Å². The summed E-state index contributed by atoms with van der Waals surface area (Å²) in [5.74, 6) is -0.334. The van der Waals surface area contributed by atoms with Crippen molar-refractivity contribution in [3.05, 3.63) is 52.9 Å². The van der Waals surface area contributed by atoms with E-state index >= 15 is 0 Å². The van der Waals surface area contributed by atoms with E-state index in [1.54, 1.807) is 17.5 Å². The summed E-state index contributed by atoms with van der Waals surface area (Å²) in [6.07, 6.45) is -4.47. The zero-order valence-electron chi connectivity index (χ0n) is 15.7. The number of aromatic hydroxyl groups is 1. The molecule has 0 aliphatic rings. The van der Waals surface area contributed by atoms with Gasteiger partial charge in [-0.2, -0.15) is 13.2 Å². The van der Waals surface area contributed by atoms with Crippen molar-refractivity contribution >= 4 is 22.4 Å². The lowest BCUT2D eigenvalue weighted by atomic mass is 10.1. The van der Waals surface area contributed by atoms with E-state index in [0.717, 1.165) is 24.3 Å². The van der Waals surface area contributed by atoms with Crippen LogP contribution in [0.2, 0.25) is 0 Å². The summed E-state index contributed by atoms with van der Waals surface area (Å²) in [6, 6.07) is 7.00. The topological polar surface area (TPSA) is 92.7 Å². The van der Waals surface area contributed by atoms with Crippen LogP contribution in [0.15, 0.2) is 41.8 Å². The van der Waals surface area contributed by atoms with Crippen molar-refractivity contribution in [1.82, 2.24) is 10.4 Å². The molecule has 0 unspecified atom stereocenters. The molecule has 0 fully saturated rings. The Labute approximate surface area is 173 Å². The molecule has 0 spiro atoms. The second kappa shape index (κ2) is 8.49. The van der Waals surface area contributed by atoms with Gasteiger partial charge >= 0.3 is 6.18 Å². The fourth-order valence-corrected chi connectivity index (χ4v) is 3.17.